The van der Waals surface area contributed by atoms with E-state index >= 15 is 0 Å². The van der Waals surface area contributed by atoms with Crippen LogP contribution in [0.3, 0.4) is 0 Å². The highest BCUT2D eigenvalue weighted by molar-refractivity contribution is 5.15. The monoisotopic (exact) mass is 243 g/mol. The molecule has 18 heavy (non-hydrogen) atoms. The van der Waals surface area contributed by atoms with Crippen LogP contribution >= 0.6 is 0 Å². The highest BCUT2D eigenvalue weighted by Gasteiger charge is 2.01. The van der Waals surface area contributed by atoms with E-state index in [0.29, 0.717) is 0 Å². The molecule has 1 heterocycles. The summed E-state index contributed by atoms with van der Waals surface area (Å²) in [4.78, 5) is 0. The number of aryl methyl sites for hydroxylation is 3. The minimum atomic E-state index is 0.911. The summed E-state index contributed by atoms with van der Waals surface area (Å²) in [5.41, 5.74) is 3.82. The molecule has 3 nitrogen and oxygen atoms in total. The number of aromatic nitrogens is 2. The van der Waals surface area contributed by atoms with Gasteiger partial charge >= 0.3 is 0 Å². The Morgan fingerprint density at radius 1 is 1.22 bits per heavy atom. The fourth-order valence-electron chi connectivity index (χ4n) is 2.11. The molecule has 96 valence electrons. The second-order valence-corrected chi connectivity index (χ2v) is 4.68. The summed E-state index contributed by atoms with van der Waals surface area (Å²) in [6.07, 6.45) is 4.39. The molecule has 0 saturated heterocycles. The average Bonchev–Trinajstić information content (AvgIpc) is 2.69. The summed E-state index contributed by atoms with van der Waals surface area (Å²) in [5.74, 6) is 0. The van der Waals surface area contributed by atoms with Crippen LogP contribution in [0.4, 0.5) is 0 Å². The van der Waals surface area contributed by atoms with Crippen molar-refractivity contribution in [3.05, 3.63) is 53.3 Å². The van der Waals surface area contributed by atoms with Crippen LogP contribution in [-0.4, -0.2) is 16.3 Å². The van der Waals surface area contributed by atoms with Gasteiger partial charge < -0.3 is 5.32 Å². The molecule has 0 atom stereocenters. The molecule has 0 spiro atoms. The lowest BCUT2D eigenvalue weighted by Gasteiger charge is -2.04. The van der Waals surface area contributed by atoms with Crippen LogP contribution < -0.4 is 5.32 Å². The fraction of sp³-hybridized carbons (Fsp3) is 0.400. The lowest BCUT2D eigenvalue weighted by atomic mass is 10.1. The summed E-state index contributed by atoms with van der Waals surface area (Å²) in [6, 6.07) is 10.6. The molecule has 0 saturated carbocycles. The van der Waals surface area contributed by atoms with Gasteiger partial charge in [0.1, 0.15) is 0 Å². The quantitative estimate of drug-likeness (QED) is 0.790. The van der Waals surface area contributed by atoms with Crippen molar-refractivity contribution in [2.75, 3.05) is 6.54 Å². The first-order chi connectivity index (χ1) is 8.75. The predicted molar refractivity (Wildman–Crippen MR) is 74.4 cm³/mol. The average molecular weight is 243 g/mol. The molecule has 1 aromatic carbocycles. The van der Waals surface area contributed by atoms with Gasteiger partial charge in [0.2, 0.25) is 0 Å². The zero-order chi connectivity index (χ0) is 12.8. The third kappa shape index (κ3) is 3.70. The third-order valence-corrected chi connectivity index (χ3v) is 3.09. The topological polar surface area (TPSA) is 29.9 Å². The van der Waals surface area contributed by atoms with Crippen LogP contribution in [0.25, 0.3) is 0 Å². The lowest BCUT2D eigenvalue weighted by molar-refractivity contribution is 0.647. The SMILES string of the molecule is Cc1nn(C)cc1CNCCCc1ccccc1. The van der Waals surface area contributed by atoms with E-state index < -0.39 is 0 Å². The molecule has 0 amide bonds. The van der Waals surface area contributed by atoms with Crippen molar-refractivity contribution >= 4 is 0 Å². The van der Waals surface area contributed by atoms with Crippen LogP contribution in [0, 0.1) is 6.92 Å². The largest absolute Gasteiger partial charge is 0.313 e. The number of hydrogen-bond donors (Lipinski definition) is 1. The second-order valence-electron chi connectivity index (χ2n) is 4.68. The van der Waals surface area contributed by atoms with E-state index in [1.807, 2.05) is 11.7 Å². The Kier molecular flexibility index (Phi) is 4.53. The maximum absolute atomic E-state index is 4.33. The molecule has 2 aromatic rings. The van der Waals surface area contributed by atoms with Gasteiger partial charge in [-0.1, -0.05) is 30.3 Å². The van der Waals surface area contributed by atoms with Crippen LogP contribution in [-0.2, 0) is 20.0 Å². The molecule has 1 N–H and O–H groups in total. The number of rotatable bonds is 6. The van der Waals surface area contributed by atoms with Gasteiger partial charge in [-0.3, -0.25) is 4.68 Å². The van der Waals surface area contributed by atoms with Gasteiger partial charge in [0.25, 0.3) is 0 Å². The van der Waals surface area contributed by atoms with Crippen molar-refractivity contribution in [1.82, 2.24) is 15.1 Å². The maximum atomic E-state index is 4.33. The molecule has 0 aliphatic heterocycles. The zero-order valence-corrected chi connectivity index (χ0v) is 11.2. The smallest absolute Gasteiger partial charge is 0.0638 e. The first-order valence-corrected chi connectivity index (χ1v) is 6.49. The molecule has 1 aromatic heterocycles. The molecule has 0 aliphatic rings. The van der Waals surface area contributed by atoms with Crippen molar-refractivity contribution in [3.63, 3.8) is 0 Å². The maximum Gasteiger partial charge on any atom is 0.0638 e. The Hall–Kier alpha value is -1.61. The van der Waals surface area contributed by atoms with Crippen LogP contribution in [0.15, 0.2) is 36.5 Å². The normalized spacial score (nSPS) is 10.8. The van der Waals surface area contributed by atoms with Crippen molar-refractivity contribution < 1.29 is 0 Å². The van der Waals surface area contributed by atoms with Gasteiger partial charge in [0.15, 0.2) is 0 Å². The number of nitrogens with zero attached hydrogens (tertiary/aromatic N) is 2. The van der Waals surface area contributed by atoms with Gasteiger partial charge in [-0.05, 0) is 31.9 Å². The molecular formula is C15H21N3. The highest BCUT2D eigenvalue weighted by Crippen LogP contribution is 2.04. The molecular weight excluding hydrogens is 222 g/mol. The van der Waals surface area contributed by atoms with Crippen molar-refractivity contribution in [1.29, 1.82) is 0 Å². The first kappa shape index (κ1) is 12.8. The Labute approximate surface area is 109 Å². The standard InChI is InChI=1S/C15H21N3/c1-13-15(12-18(2)17-13)11-16-10-6-9-14-7-4-3-5-8-14/h3-5,7-8,12,16H,6,9-11H2,1-2H3. The number of benzene rings is 1. The Morgan fingerprint density at radius 3 is 2.67 bits per heavy atom. The van der Waals surface area contributed by atoms with E-state index in [9.17, 15) is 0 Å². The zero-order valence-electron chi connectivity index (χ0n) is 11.2. The molecule has 0 unspecified atom stereocenters. The van der Waals surface area contributed by atoms with E-state index in [1.165, 1.54) is 17.5 Å². The van der Waals surface area contributed by atoms with E-state index in [0.717, 1.165) is 25.2 Å². The van der Waals surface area contributed by atoms with Crippen molar-refractivity contribution in [3.8, 4) is 0 Å². The minimum absolute atomic E-state index is 0.911. The fourth-order valence-corrected chi connectivity index (χ4v) is 2.11. The molecule has 0 bridgehead atoms. The summed E-state index contributed by atoms with van der Waals surface area (Å²) in [5, 5.41) is 7.81. The molecule has 0 fully saturated rings. The van der Waals surface area contributed by atoms with Gasteiger partial charge in [-0.15, -0.1) is 0 Å². The Bertz CT molecular complexity index is 474. The van der Waals surface area contributed by atoms with Gasteiger partial charge in [0, 0.05) is 25.4 Å². The summed E-state index contributed by atoms with van der Waals surface area (Å²) >= 11 is 0. The van der Waals surface area contributed by atoms with Gasteiger partial charge in [-0.2, -0.15) is 5.10 Å². The van der Waals surface area contributed by atoms with Crippen LogP contribution in [0.1, 0.15) is 23.2 Å². The minimum Gasteiger partial charge on any atom is -0.313 e. The summed E-state index contributed by atoms with van der Waals surface area (Å²) < 4.78 is 1.87. The lowest BCUT2D eigenvalue weighted by Crippen LogP contribution is -2.15. The Morgan fingerprint density at radius 2 is 2.00 bits per heavy atom. The predicted octanol–water partition coefficient (Wildman–Crippen LogP) is 2.45. The van der Waals surface area contributed by atoms with Gasteiger partial charge in [-0.25, -0.2) is 0 Å². The van der Waals surface area contributed by atoms with E-state index in [2.05, 4.69) is 53.9 Å². The third-order valence-electron chi connectivity index (χ3n) is 3.09. The van der Waals surface area contributed by atoms with E-state index in [1.54, 1.807) is 0 Å². The van der Waals surface area contributed by atoms with Crippen LogP contribution in [0.2, 0.25) is 0 Å². The van der Waals surface area contributed by atoms with Crippen molar-refractivity contribution in [2.45, 2.75) is 26.3 Å². The van der Waals surface area contributed by atoms with Crippen molar-refractivity contribution in [2.24, 2.45) is 7.05 Å². The second kappa shape index (κ2) is 6.36. The molecule has 3 heteroatoms. The van der Waals surface area contributed by atoms with Gasteiger partial charge in [0.05, 0.1) is 5.69 Å². The van der Waals surface area contributed by atoms with E-state index in [-0.39, 0.29) is 0 Å². The number of nitrogens with one attached hydrogen (secondary N) is 1. The Balaban J connectivity index is 1.66. The number of hydrogen-bond acceptors (Lipinski definition) is 2. The first-order valence-electron chi connectivity index (χ1n) is 6.49. The van der Waals surface area contributed by atoms with E-state index in [4.69, 9.17) is 0 Å². The summed E-state index contributed by atoms with van der Waals surface area (Å²) in [6.45, 7) is 4.01. The highest BCUT2D eigenvalue weighted by atomic mass is 15.2. The summed E-state index contributed by atoms with van der Waals surface area (Å²) in [7, 11) is 1.96. The molecule has 2 rings (SSSR count). The molecule has 0 radical (unpaired) electrons. The molecule has 0 aliphatic carbocycles. The van der Waals surface area contributed by atoms with Crippen LogP contribution in [0.5, 0.6) is 0 Å².